The predicted molar refractivity (Wildman–Crippen MR) is 65.6 cm³/mol. The fraction of sp³-hybridized carbons (Fsp3) is 0.273. The van der Waals surface area contributed by atoms with Crippen LogP contribution in [0.25, 0.3) is 0 Å². The molecule has 0 radical (unpaired) electrons. The van der Waals surface area contributed by atoms with E-state index in [9.17, 15) is 18.0 Å². The quantitative estimate of drug-likeness (QED) is 0.607. The van der Waals surface area contributed by atoms with Crippen LogP contribution in [-0.2, 0) is 24.4 Å². The van der Waals surface area contributed by atoms with E-state index in [1.165, 1.54) is 24.3 Å². The maximum Gasteiger partial charge on any atom is 0.306 e. The van der Waals surface area contributed by atoms with Crippen LogP contribution in [0.1, 0.15) is 18.6 Å². The molecule has 1 amide bonds. The van der Waals surface area contributed by atoms with Gasteiger partial charge in [-0.15, -0.1) is 0 Å². The number of hydrogen-bond donors (Lipinski definition) is 1. The van der Waals surface area contributed by atoms with E-state index >= 15 is 0 Å². The van der Waals surface area contributed by atoms with Crippen molar-refractivity contribution in [3.05, 3.63) is 29.8 Å². The van der Waals surface area contributed by atoms with Gasteiger partial charge in [-0.05, 0) is 12.1 Å². The van der Waals surface area contributed by atoms with E-state index in [2.05, 4.69) is 4.18 Å². The smallest absolute Gasteiger partial charge is 0.306 e. The number of ether oxygens (including phenoxy) is 1. The first-order chi connectivity index (χ1) is 8.69. The molecular weight excluding hydrogens is 274 g/mol. The molecule has 1 aromatic rings. The van der Waals surface area contributed by atoms with Crippen LogP contribution in [0.15, 0.2) is 24.3 Å². The van der Waals surface area contributed by atoms with E-state index in [4.69, 9.17) is 10.5 Å². The second-order valence-corrected chi connectivity index (χ2v) is 5.32. The topological polar surface area (TPSA) is 113 Å². The molecule has 1 unspecified atom stereocenters. The molecule has 0 aliphatic heterocycles. The normalized spacial score (nSPS) is 12.5. The van der Waals surface area contributed by atoms with E-state index in [-0.39, 0.29) is 5.75 Å². The molecule has 0 spiro atoms. The third kappa shape index (κ3) is 4.96. The first-order valence-electron chi connectivity index (χ1n) is 5.15. The number of benzene rings is 1. The average molecular weight is 287 g/mol. The summed E-state index contributed by atoms with van der Waals surface area (Å²) in [6, 6.07) is 5.43. The molecule has 0 aliphatic carbocycles. The van der Waals surface area contributed by atoms with Gasteiger partial charge in [0, 0.05) is 12.5 Å². The van der Waals surface area contributed by atoms with Crippen molar-refractivity contribution >= 4 is 22.0 Å². The summed E-state index contributed by atoms with van der Waals surface area (Å²) in [4.78, 5) is 22.0. The van der Waals surface area contributed by atoms with Gasteiger partial charge in [0.1, 0.15) is 5.75 Å². The van der Waals surface area contributed by atoms with Crippen molar-refractivity contribution in [1.29, 1.82) is 0 Å². The summed E-state index contributed by atoms with van der Waals surface area (Å²) in [7, 11) is -3.62. The highest BCUT2D eigenvalue weighted by molar-refractivity contribution is 7.86. The summed E-state index contributed by atoms with van der Waals surface area (Å²) < 4.78 is 31.2. The zero-order valence-electron chi connectivity index (χ0n) is 10.3. The number of primary amides is 1. The van der Waals surface area contributed by atoms with Gasteiger partial charge < -0.3 is 14.7 Å². The van der Waals surface area contributed by atoms with Gasteiger partial charge >= 0.3 is 16.1 Å². The molecule has 104 valence electrons. The van der Waals surface area contributed by atoms with Crippen molar-refractivity contribution in [3.63, 3.8) is 0 Å². The van der Waals surface area contributed by atoms with Gasteiger partial charge in [-0.25, -0.2) is 0 Å². The zero-order chi connectivity index (χ0) is 14.6. The van der Waals surface area contributed by atoms with E-state index in [0.717, 1.165) is 13.2 Å². The third-order valence-electron chi connectivity index (χ3n) is 1.97. The van der Waals surface area contributed by atoms with Gasteiger partial charge in [0.2, 0.25) is 6.10 Å². The Bertz CT molecular complexity index is 578. The number of carbonyl (C=O) groups excluding carboxylic acids is 2. The first kappa shape index (κ1) is 15.0. The van der Waals surface area contributed by atoms with E-state index in [1.54, 1.807) is 0 Å². The number of rotatable bonds is 5. The molecule has 19 heavy (non-hydrogen) atoms. The molecule has 1 aromatic carbocycles. The molecule has 1 rings (SSSR count). The molecule has 8 heteroatoms. The van der Waals surface area contributed by atoms with Crippen molar-refractivity contribution in [1.82, 2.24) is 0 Å². The fourth-order valence-corrected chi connectivity index (χ4v) is 1.79. The van der Waals surface area contributed by atoms with Crippen molar-refractivity contribution in [2.24, 2.45) is 5.73 Å². The lowest BCUT2D eigenvalue weighted by Gasteiger charge is -2.14. The molecule has 1 atom stereocenters. The van der Waals surface area contributed by atoms with Gasteiger partial charge in [-0.1, -0.05) is 12.1 Å². The minimum atomic E-state index is -3.62. The number of esters is 1. The van der Waals surface area contributed by atoms with Crippen LogP contribution in [0.5, 0.6) is 5.75 Å². The fourth-order valence-electron chi connectivity index (χ4n) is 1.33. The van der Waals surface area contributed by atoms with Crippen molar-refractivity contribution in [2.75, 3.05) is 6.26 Å². The molecule has 0 saturated carbocycles. The highest BCUT2D eigenvalue weighted by atomic mass is 32.2. The number of carbonyl (C=O) groups is 2. The maximum absolute atomic E-state index is 11.2. The number of nitrogens with two attached hydrogens (primary N) is 1. The molecule has 0 heterocycles. The van der Waals surface area contributed by atoms with Gasteiger partial charge in [-0.3, -0.25) is 9.59 Å². The summed E-state index contributed by atoms with van der Waals surface area (Å²) in [5, 5.41) is 0. The van der Waals surface area contributed by atoms with Crippen LogP contribution >= 0.6 is 0 Å². The molecule has 0 aromatic heterocycles. The van der Waals surface area contributed by atoms with Gasteiger partial charge in [0.15, 0.2) is 0 Å². The summed E-state index contributed by atoms with van der Waals surface area (Å²) in [6.45, 7) is 1.15. The van der Waals surface area contributed by atoms with Crippen LogP contribution in [0, 0.1) is 0 Å². The minimum Gasteiger partial charge on any atom is -0.447 e. The Balaban J connectivity index is 2.95. The van der Waals surface area contributed by atoms with Gasteiger partial charge in [0.25, 0.3) is 5.91 Å². The first-order valence-corrected chi connectivity index (χ1v) is 6.96. The Hall–Kier alpha value is -2.09. The lowest BCUT2D eigenvalue weighted by atomic mass is 10.1. The summed E-state index contributed by atoms with van der Waals surface area (Å²) in [5.74, 6) is -1.40. The third-order valence-corrected chi connectivity index (χ3v) is 2.47. The average Bonchev–Trinajstić information content (AvgIpc) is 2.24. The van der Waals surface area contributed by atoms with Crippen LogP contribution < -0.4 is 9.92 Å². The Labute approximate surface area is 110 Å². The van der Waals surface area contributed by atoms with Crippen molar-refractivity contribution < 1.29 is 26.9 Å². The highest BCUT2D eigenvalue weighted by Crippen LogP contribution is 2.21. The summed E-state index contributed by atoms with van der Waals surface area (Å²) in [5.41, 5.74) is 5.44. The summed E-state index contributed by atoms with van der Waals surface area (Å²) >= 11 is 0. The largest absolute Gasteiger partial charge is 0.447 e. The highest BCUT2D eigenvalue weighted by Gasteiger charge is 2.21. The Morgan fingerprint density at radius 2 is 1.74 bits per heavy atom. The van der Waals surface area contributed by atoms with Crippen LogP contribution in [-0.4, -0.2) is 26.6 Å². The van der Waals surface area contributed by atoms with Crippen molar-refractivity contribution in [3.8, 4) is 5.75 Å². The van der Waals surface area contributed by atoms with Crippen LogP contribution in [0.3, 0.4) is 0 Å². The van der Waals surface area contributed by atoms with Crippen LogP contribution in [0.2, 0.25) is 0 Å². The van der Waals surface area contributed by atoms with E-state index < -0.39 is 28.1 Å². The summed E-state index contributed by atoms with van der Waals surface area (Å²) in [6.07, 6.45) is -0.309. The Morgan fingerprint density at radius 3 is 2.11 bits per heavy atom. The minimum absolute atomic E-state index is 0.0808. The van der Waals surface area contributed by atoms with Gasteiger partial charge in [0.05, 0.1) is 6.26 Å². The molecule has 0 bridgehead atoms. The lowest BCUT2D eigenvalue weighted by molar-refractivity contribution is -0.153. The standard InChI is InChI=1S/C11H13NO6S/c1-7(13)17-10(11(12)14)8-3-5-9(6-4-8)18-19(2,15)16/h3-6,10H,1-2H3,(H2,12,14). The van der Waals surface area contributed by atoms with E-state index in [1.807, 2.05) is 0 Å². The predicted octanol–water partition coefficient (Wildman–Crippen LogP) is 0.114. The zero-order valence-corrected chi connectivity index (χ0v) is 11.1. The van der Waals surface area contributed by atoms with E-state index in [0.29, 0.717) is 5.56 Å². The second-order valence-electron chi connectivity index (χ2n) is 3.75. The number of amides is 1. The molecule has 0 saturated heterocycles. The van der Waals surface area contributed by atoms with Crippen molar-refractivity contribution in [2.45, 2.75) is 13.0 Å². The monoisotopic (exact) mass is 287 g/mol. The molecule has 2 N–H and O–H groups in total. The molecule has 0 fully saturated rings. The Kier molecular flexibility index (Phi) is 4.49. The maximum atomic E-state index is 11.2. The number of hydrogen-bond acceptors (Lipinski definition) is 6. The second kappa shape index (κ2) is 5.70. The molecular formula is C11H13NO6S. The molecule has 0 aliphatic rings. The van der Waals surface area contributed by atoms with Crippen LogP contribution in [0.4, 0.5) is 0 Å². The molecule has 7 nitrogen and oxygen atoms in total. The Morgan fingerprint density at radius 1 is 1.21 bits per heavy atom. The SMILES string of the molecule is CC(=O)OC(C(N)=O)c1ccc(OS(C)(=O)=O)cc1. The van der Waals surface area contributed by atoms with Gasteiger partial charge in [-0.2, -0.15) is 8.42 Å². The lowest BCUT2D eigenvalue weighted by Crippen LogP contribution is -2.25.